The molecular formula is C18H13ClO2. The van der Waals surface area contributed by atoms with Crippen molar-refractivity contribution in [1.82, 2.24) is 0 Å². The van der Waals surface area contributed by atoms with Gasteiger partial charge in [0.15, 0.2) is 0 Å². The molecule has 3 aromatic carbocycles. The fraction of sp³-hybridized carbons (Fsp3) is 0.0556. The summed E-state index contributed by atoms with van der Waals surface area (Å²) in [6.45, 7) is 0. The highest BCUT2D eigenvalue weighted by Crippen LogP contribution is 2.33. The lowest BCUT2D eigenvalue weighted by molar-refractivity contribution is 0.0601. The zero-order chi connectivity index (χ0) is 14.8. The van der Waals surface area contributed by atoms with Crippen molar-refractivity contribution >= 4 is 28.3 Å². The number of esters is 1. The predicted octanol–water partition coefficient (Wildman–Crippen LogP) is 4.95. The van der Waals surface area contributed by atoms with Crippen LogP contribution in [0.15, 0.2) is 60.7 Å². The normalized spacial score (nSPS) is 10.6. The Morgan fingerprint density at radius 3 is 2.52 bits per heavy atom. The standard InChI is InChI=1S/C18H13ClO2/c1-21-18(20)16-10-9-13(19)11-17(16)15-8-4-6-12-5-2-3-7-14(12)15/h2-11H,1H3. The Hall–Kier alpha value is -2.32. The average Bonchev–Trinajstić information content (AvgIpc) is 2.53. The number of halogens is 1. The zero-order valence-electron chi connectivity index (χ0n) is 11.5. The molecule has 0 aliphatic carbocycles. The maximum atomic E-state index is 12.0. The van der Waals surface area contributed by atoms with Gasteiger partial charge in [0.05, 0.1) is 12.7 Å². The monoisotopic (exact) mass is 296 g/mol. The third-order valence-corrected chi connectivity index (χ3v) is 3.70. The van der Waals surface area contributed by atoms with Crippen molar-refractivity contribution in [2.75, 3.05) is 7.11 Å². The Morgan fingerprint density at radius 1 is 0.952 bits per heavy atom. The third kappa shape index (κ3) is 2.50. The van der Waals surface area contributed by atoms with Gasteiger partial charge in [0.2, 0.25) is 0 Å². The van der Waals surface area contributed by atoms with E-state index in [0.717, 1.165) is 21.9 Å². The van der Waals surface area contributed by atoms with Crippen LogP contribution in [0.2, 0.25) is 5.02 Å². The first-order chi connectivity index (χ1) is 10.2. The van der Waals surface area contributed by atoms with E-state index < -0.39 is 0 Å². The number of rotatable bonds is 2. The molecule has 0 radical (unpaired) electrons. The number of carbonyl (C=O) groups excluding carboxylic acids is 1. The molecule has 2 nitrogen and oxygen atoms in total. The van der Waals surface area contributed by atoms with Gasteiger partial charge in [-0.15, -0.1) is 0 Å². The Morgan fingerprint density at radius 2 is 1.71 bits per heavy atom. The van der Waals surface area contributed by atoms with Gasteiger partial charge < -0.3 is 4.74 Å². The molecular weight excluding hydrogens is 284 g/mol. The molecule has 0 atom stereocenters. The first kappa shape index (κ1) is 13.7. The van der Waals surface area contributed by atoms with Crippen molar-refractivity contribution in [2.45, 2.75) is 0 Å². The Labute approximate surface area is 127 Å². The van der Waals surface area contributed by atoms with Crippen LogP contribution in [-0.2, 0) is 4.74 Å². The van der Waals surface area contributed by atoms with Gasteiger partial charge in [0.1, 0.15) is 0 Å². The molecule has 3 rings (SSSR count). The molecule has 0 fully saturated rings. The summed E-state index contributed by atoms with van der Waals surface area (Å²) < 4.78 is 4.87. The molecule has 3 heteroatoms. The van der Waals surface area contributed by atoms with Gasteiger partial charge in [-0.1, -0.05) is 54.1 Å². The molecule has 21 heavy (non-hydrogen) atoms. The van der Waals surface area contributed by atoms with Gasteiger partial charge in [-0.05, 0) is 40.1 Å². The van der Waals surface area contributed by atoms with E-state index in [1.165, 1.54) is 7.11 Å². The van der Waals surface area contributed by atoms with Crippen LogP contribution in [0.5, 0.6) is 0 Å². The lowest BCUT2D eigenvalue weighted by Crippen LogP contribution is -2.03. The summed E-state index contributed by atoms with van der Waals surface area (Å²) >= 11 is 6.11. The van der Waals surface area contributed by atoms with Crippen molar-refractivity contribution in [3.8, 4) is 11.1 Å². The van der Waals surface area contributed by atoms with Crippen molar-refractivity contribution in [3.63, 3.8) is 0 Å². The maximum Gasteiger partial charge on any atom is 0.338 e. The second-order valence-electron chi connectivity index (χ2n) is 4.71. The summed E-state index contributed by atoms with van der Waals surface area (Å²) in [5, 5.41) is 2.78. The number of hydrogen-bond acceptors (Lipinski definition) is 2. The molecule has 0 saturated heterocycles. The minimum absolute atomic E-state index is 0.366. The van der Waals surface area contributed by atoms with Crippen LogP contribution in [0, 0.1) is 0 Å². The van der Waals surface area contributed by atoms with E-state index in [0.29, 0.717) is 10.6 Å². The Kier molecular flexibility index (Phi) is 3.63. The largest absolute Gasteiger partial charge is 0.465 e. The first-order valence-corrected chi connectivity index (χ1v) is 6.94. The molecule has 104 valence electrons. The summed E-state index contributed by atoms with van der Waals surface area (Å²) in [4.78, 5) is 12.0. The second kappa shape index (κ2) is 5.58. The molecule has 0 aromatic heterocycles. The predicted molar refractivity (Wildman–Crippen MR) is 85.7 cm³/mol. The molecule has 3 aromatic rings. The number of ether oxygens (including phenoxy) is 1. The highest BCUT2D eigenvalue weighted by atomic mass is 35.5. The number of fused-ring (bicyclic) bond motifs is 1. The lowest BCUT2D eigenvalue weighted by atomic mass is 9.94. The average molecular weight is 297 g/mol. The molecule has 0 amide bonds. The molecule has 0 saturated carbocycles. The summed E-state index contributed by atoms with van der Waals surface area (Å²) in [5.41, 5.74) is 2.26. The van der Waals surface area contributed by atoms with Crippen LogP contribution in [0.25, 0.3) is 21.9 Å². The number of carbonyl (C=O) groups is 1. The molecule has 0 heterocycles. The van der Waals surface area contributed by atoms with E-state index in [9.17, 15) is 4.79 Å². The van der Waals surface area contributed by atoms with Gasteiger partial charge in [-0.2, -0.15) is 0 Å². The van der Waals surface area contributed by atoms with E-state index in [4.69, 9.17) is 16.3 Å². The highest BCUT2D eigenvalue weighted by molar-refractivity contribution is 6.31. The quantitative estimate of drug-likeness (QED) is 0.626. The third-order valence-electron chi connectivity index (χ3n) is 3.47. The van der Waals surface area contributed by atoms with Crippen LogP contribution in [0.1, 0.15) is 10.4 Å². The van der Waals surface area contributed by atoms with Crippen LogP contribution in [0.4, 0.5) is 0 Å². The summed E-state index contributed by atoms with van der Waals surface area (Å²) in [6, 6.07) is 19.2. The van der Waals surface area contributed by atoms with Crippen molar-refractivity contribution in [3.05, 3.63) is 71.2 Å². The van der Waals surface area contributed by atoms with Crippen molar-refractivity contribution in [2.24, 2.45) is 0 Å². The fourth-order valence-corrected chi connectivity index (χ4v) is 2.66. The Bertz CT molecular complexity index is 819. The molecule has 0 aliphatic rings. The van der Waals surface area contributed by atoms with E-state index in [1.807, 2.05) is 42.5 Å². The topological polar surface area (TPSA) is 26.3 Å². The van der Waals surface area contributed by atoms with Gasteiger partial charge in [0.25, 0.3) is 0 Å². The van der Waals surface area contributed by atoms with Crippen LogP contribution in [-0.4, -0.2) is 13.1 Å². The van der Waals surface area contributed by atoms with Gasteiger partial charge in [-0.25, -0.2) is 4.79 Å². The van der Waals surface area contributed by atoms with Gasteiger partial charge in [-0.3, -0.25) is 0 Å². The van der Waals surface area contributed by atoms with E-state index in [2.05, 4.69) is 0 Å². The van der Waals surface area contributed by atoms with Crippen LogP contribution in [0.3, 0.4) is 0 Å². The number of hydrogen-bond donors (Lipinski definition) is 0. The maximum absolute atomic E-state index is 12.0. The Balaban J connectivity index is 2.32. The van der Waals surface area contributed by atoms with E-state index in [-0.39, 0.29) is 5.97 Å². The highest BCUT2D eigenvalue weighted by Gasteiger charge is 2.15. The van der Waals surface area contributed by atoms with Crippen LogP contribution >= 0.6 is 11.6 Å². The van der Waals surface area contributed by atoms with E-state index in [1.54, 1.807) is 18.2 Å². The van der Waals surface area contributed by atoms with Crippen molar-refractivity contribution in [1.29, 1.82) is 0 Å². The molecule has 0 unspecified atom stereocenters. The lowest BCUT2D eigenvalue weighted by Gasteiger charge is -2.11. The zero-order valence-corrected chi connectivity index (χ0v) is 12.2. The number of methoxy groups -OCH3 is 1. The van der Waals surface area contributed by atoms with Gasteiger partial charge in [0, 0.05) is 5.02 Å². The molecule has 0 bridgehead atoms. The second-order valence-corrected chi connectivity index (χ2v) is 5.14. The molecule has 0 aliphatic heterocycles. The molecule has 0 spiro atoms. The van der Waals surface area contributed by atoms with Gasteiger partial charge >= 0.3 is 5.97 Å². The minimum Gasteiger partial charge on any atom is -0.465 e. The summed E-state index contributed by atoms with van der Waals surface area (Å²) in [7, 11) is 1.38. The fourth-order valence-electron chi connectivity index (χ4n) is 2.49. The summed E-state index contributed by atoms with van der Waals surface area (Å²) in [5.74, 6) is -0.366. The summed E-state index contributed by atoms with van der Waals surface area (Å²) in [6.07, 6.45) is 0. The first-order valence-electron chi connectivity index (χ1n) is 6.56. The SMILES string of the molecule is COC(=O)c1ccc(Cl)cc1-c1cccc2ccccc12. The van der Waals surface area contributed by atoms with Crippen molar-refractivity contribution < 1.29 is 9.53 Å². The smallest absolute Gasteiger partial charge is 0.338 e. The van der Waals surface area contributed by atoms with Crippen LogP contribution < -0.4 is 0 Å². The van der Waals surface area contributed by atoms with E-state index >= 15 is 0 Å². The minimum atomic E-state index is -0.366. The molecule has 0 N–H and O–H groups in total. The number of benzene rings is 3.